The first kappa shape index (κ1) is 17.6. The molecule has 2 aromatic rings. The molecule has 1 fully saturated rings. The van der Waals surface area contributed by atoms with Gasteiger partial charge >= 0.3 is 5.97 Å². The monoisotopic (exact) mass is 360 g/mol. The number of carboxylic acids is 1. The van der Waals surface area contributed by atoms with E-state index in [-0.39, 0.29) is 11.5 Å². The molecule has 0 aliphatic heterocycles. The Hall–Kier alpha value is -2.18. The number of aryl methyl sites for hydroxylation is 1. The third-order valence-corrected chi connectivity index (χ3v) is 7.17. The predicted molar refractivity (Wildman–Crippen MR) is 93.3 cm³/mol. The number of ether oxygens (including phenoxy) is 1. The minimum Gasteiger partial charge on any atom is -0.481 e. The summed E-state index contributed by atoms with van der Waals surface area (Å²) in [6.07, 6.45) is 0. The zero-order valence-electron chi connectivity index (χ0n) is 14.0. The first-order valence-corrected chi connectivity index (χ1v) is 9.48. The number of hydrogen-bond donors (Lipinski definition) is 1. The minimum absolute atomic E-state index is 0.135. The van der Waals surface area contributed by atoms with Crippen molar-refractivity contribution in [1.82, 2.24) is 0 Å². The fourth-order valence-corrected chi connectivity index (χ4v) is 5.97. The Kier molecular flexibility index (Phi) is 4.43. The SMILES string of the molecule is COC[C@@]1(C(=O)O)[C@H](c2ccc(C)cc2)[C@@H]1S(=O)(=O)c1ccccc1. The molecule has 2 aromatic carbocycles. The van der Waals surface area contributed by atoms with Crippen molar-refractivity contribution < 1.29 is 23.1 Å². The molecule has 3 rings (SSSR count). The largest absolute Gasteiger partial charge is 0.481 e. The van der Waals surface area contributed by atoms with Crippen LogP contribution in [-0.4, -0.2) is 38.5 Å². The topological polar surface area (TPSA) is 80.7 Å². The predicted octanol–water partition coefficient (Wildman–Crippen LogP) is 2.65. The van der Waals surface area contributed by atoms with Crippen molar-refractivity contribution in [2.75, 3.05) is 13.7 Å². The van der Waals surface area contributed by atoms with Gasteiger partial charge in [-0.1, -0.05) is 48.0 Å². The maximum absolute atomic E-state index is 13.1. The van der Waals surface area contributed by atoms with Crippen LogP contribution in [0.5, 0.6) is 0 Å². The molecule has 1 N–H and O–H groups in total. The lowest BCUT2D eigenvalue weighted by atomic mass is 9.99. The van der Waals surface area contributed by atoms with Crippen molar-refractivity contribution in [3.8, 4) is 0 Å². The lowest BCUT2D eigenvalue weighted by Crippen LogP contribution is -2.28. The molecule has 25 heavy (non-hydrogen) atoms. The molecule has 0 radical (unpaired) electrons. The number of hydrogen-bond acceptors (Lipinski definition) is 4. The number of rotatable bonds is 6. The third kappa shape index (κ3) is 2.75. The van der Waals surface area contributed by atoms with Crippen molar-refractivity contribution in [3.63, 3.8) is 0 Å². The highest BCUT2D eigenvalue weighted by molar-refractivity contribution is 7.92. The first-order valence-electron chi connectivity index (χ1n) is 7.93. The molecule has 0 spiro atoms. The molecule has 0 unspecified atom stereocenters. The van der Waals surface area contributed by atoms with Crippen LogP contribution in [0.1, 0.15) is 17.0 Å². The van der Waals surface area contributed by atoms with Crippen LogP contribution in [0.15, 0.2) is 59.5 Å². The van der Waals surface area contributed by atoms with Gasteiger partial charge < -0.3 is 9.84 Å². The van der Waals surface area contributed by atoms with Crippen LogP contribution < -0.4 is 0 Å². The van der Waals surface area contributed by atoms with Gasteiger partial charge in [0.05, 0.1) is 16.8 Å². The van der Waals surface area contributed by atoms with Crippen molar-refractivity contribution in [2.45, 2.75) is 23.0 Å². The van der Waals surface area contributed by atoms with Gasteiger partial charge in [0.15, 0.2) is 9.84 Å². The van der Waals surface area contributed by atoms with Crippen molar-refractivity contribution in [2.24, 2.45) is 5.41 Å². The molecule has 1 aliphatic rings. The molecule has 5 nitrogen and oxygen atoms in total. The van der Waals surface area contributed by atoms with Gasteiger partial charge in [-0.05, 0) is 24.6 Å². The number of methoxy groups -OCH3 is 1. The molecule has 3 atom stereocenters. The van der Waals surface area contributed by atoms with Gasteiger partial charge in [-0.15, -0.1) is 0 Å². The van der Waals surface area contributed by atoms with E-state index in [0.29, 0.717) is 5.56 Å². The molecule has 1 saturated carbocycles. The van der Waals surface area contributed by atoms with Crippen LogP contribution in [0.2, 0.25) is 0 Å². The van der Waals surface area contributed by atoms with Crippen molar-refractivity contribution in [3.05, 3.63) is 65.7 Å². The van der Waals surface area contributed by atoms with Crippen LogP contribution in [0, 0.1) is 12.3 Å². The van der Waals surface area contributed by atoms with E-state index in [2.05, 4.69) is 0 Å². The van der Waals surface area contributed by atoms with E-state index in [1.807, 2.05) is 19.1 Å². The lowest BCUT2D eigenvalue weighted by molar-refractivity contribution is -0.145. The van der Waals surface area contributed by atoms with E-state index < -0.39 is 32.4 Å². The van der Waals surface area contributed by atoms with Crippen LogP contribution in [0.3, 0.4) is 0 Å². The zero-order valence-corrected chi connectivity index (χ0v) is 14.9. The maximum atomic E-state index is 13.1. The first-order chi connectivity index (χ1) is 11.9. The molecule has 0 aromatic heterocycles. The van der Waals surface area contributed by atoms with Crippen LogP contribution in [0.25, 0.3) is 0 Å². The highest BCUT2D eigenvalue weighted by atomic mass is 32.2. The Balaban J connectivity index is 2.12. The second-order valence-corrected chi connectivity index (χ2v) is 8.51. The summed E-state index contributed by atoms with van der Waals surface area (Å²) < 4.78 is 31.4. The van der Waals surface area contributed by atoms with E-state index in [1.54, 1.807) is 30.3 Å². The van der Waals surface area contributed by atoms with E-state index in [4.69, 9.17) is 4.74 Å². The molecule has 6 heteroatoms. The van der Waals surface area contributed by atoms with E-state index in [1.165, 1.54) is 19.2 Å². The van der Waals surface area contributed by atoms with Gasteiger partial charge in [0, 0.05) is 13.0 Å². The fraction of sp³-hybridized carbons (Fsp3) is 0.316. The number of aliphatic carboxylic acids is 1. The Morgan fingerprint density at radius 1 is 1.12 bits per heavy atom. The van der Waals surface area contributed by atoms with E-state index in [9.17, 15) is 18.3 Å². The molecular weight excluding hydrogens is 340 g/mol. The summed E-state index contributed by atoms with van der Waals surface area (Å²) in [6, 6.07) is 15.3. The quantitative estimate of drug-likeness (QED) is 0.856. The number of sulfone groups is 1. The maximum Gasteiger partial charge on any atom is 0.314 e. The third-order valence-electron chi connectivity index (χ3n) is 4.88. The van der Waals surface area contributed by atoms with Crippen LogP contribution >= 0.6 is 0 Å². The van der Waals surface area contributed by atoms with E-state index >= 15 is 0 Å². The number of benzene rings is 2. The number of carbonyl (C=O) groups is 1. The standard InChI is InChI=1S/C19H20O5S/c1-13-8-10-14(11-9-13)16-17(19(16,12-24-2)18(20)21)25(22,23)15-6-4-3-5-7-15/h3-11,16-17H,12H2,1-2H3,(H,20,21)/t16-,17+,19-/m1/s1. The molecule has 1 aliphatic carbocycles. The highest BCUT2D eigenvalue weighted by Gasteiger charge is 2.76. The van der Waals surface area contributed by atoms with Gasteiger partial charge in [-0.3, -0.25) is 4.79 Å². The fourth-order valence-electron chi connectivity index (χ4n) is 3.59. The lowest BCUT2D eigenvalue weighted by Gasteiger charge is -2.12. The summed E-state index contributed by atoms with van der Waals surface area (Å²) >= 11 is 0. The van der Waals surface area contributed by atoms with Gasteiger partial charge in [0.2, 0.25) is 0 Å². The van der Waals surface area contributed by atoms with Gasteiger partial charge in [-0.2, -0.15) is 0 Å². The van der Waals surface area contributed by atoms with Crippen LogP contribution in [0.4, 0.5) is 0 Å². The summed E-state index contributed by atoms with van der Waals surface area (Å²) in [5.41, 5.74) is 0.257. The zero-order chi connectivity index (χ0) is 18.2. The molecule has 0 amide bonds. The smallest absolute Gasteiger partial charge is 0.314 e. The van der Waals surface area contributed by atoms with Crippen LogP contribution in [-0.2, 0) is 19.4 Å². The second-order valence-electron chi connectivity index (χ2n) is 6.45. The van der Waals surface area contributed by atoms with Gasteiger partial charge in [0.1, 0.15) is 5.41 Å². The summed E-state index contributed by atoms with van der Waals surface area (Å²) in [4.78, 5) is 12.2. The highest BCUT2D eigenvalue weighted by Crippen LogP contribution is 2.64. The summed E-state index contributed by atoms with van der Waals surface area (Å²) in [5, 5.41) is 8.80. The van der Waals surface area contributed by atoms with Gasteiger partial charge in [-0.25, -0.2) is 8.42 Å². The van der Waals surface area contributed by atoms with Crippen molar-refractivity contribution in [1.29, 1.82) is 0 Å². The molecule has 0 saturated heterocycles. The Bertz CT molecular complexity index is 874. The Morgan fingerprint density at radius 3 is 2.24 bits per heavy atom. The summed E-state index contributed by atoms with van der Waals surface area (Å²) in [6.45, 7) is 1.77. The minimum atomic E-state index is -3.81. The number of carboxylic acid groups (broad SMARTS) is 1. The molecule has 132 valence electrons. The average molecular weight is 360 g/mol. The van der Waals surface area contributed by atoms with Crippen molar-refractivity contribution >= 4 is 15.8 Å². The second kappa shape index (κ2) is 6.28. The molecule has 0 heterocycles. The average Bonchev–Trinajstić information content (AvgIpc) is 3.28. The molecular formula is C19H20O5S. The molecule has 0 bridgehead atoms. The normalized spacial score (nSPS) is 25.5. The Labute approximate surface area is 147 Å². The summed E-state index contributed by atoms with van der Waals surface area (Å²) in [7, 11) is -2.42. The van der Waals surface area contributed by atoms with Gasteiger partial charge in [0.25, 0.3) is 0 Å². The van der Waals surface area contributed by atoms with E-state index in [0.717, 1.165) is 5.56 Å². The summed E-state index contributed by atoms with van der Waals surface area (Å²) in [5.74, 6) is -1.79. The Morgan fingerprint density at radius 2 is 1.72 bits per heavy atom.